The van der Waals surface area contributed by atoms with Gasteiger partial charge in [0.2, 0.25) is 0 Å². The summed E-state index contributed by atoms with van der Waals surface area (Å²) < 4.78 is 10.1. The van der Waals surface area contributed by atoms with Gasteiger partial charge in [-0.05, 0) is 25.7 Å². The summed E-state index contributed by atoms with van der Waals surface area (Å²) in [6.45, 7) is 3.21. The van der Waals surface area contributed by atoms with Crippen molar-refractivity contribution in [1.29, 1.82) is 0 Å². The Bertz CT molecular complexity index is 236. The summed E-state index contributed by atoms with van der Waals surface area (Å²) in [5.41, 5.74) is 0. The summed E-state index contributed by atoms with van der Waals surface area (Å²) in [5.74, 6) is -1.16. The molecule has 0 radical (unpaired) electrons. The van der Waals surface area contributed by atoms with Crippen LogP contribution in [0.5, 0.6) is 0 Å². The minimum absolute atomic E-state index is 0.0165. The highest BCUT2D eigenvalue weighted by Crippen LogP contribution is 2.26. The van der Waals surface area contributed by atoms with Crippen LogP contribution < -0.4 is 0 Å². The molecule has 1 heterocycles. The zero-order valence-corrected chi connectivity index (χ0v) is 9.66. The minimum atomic E-state index is -0.725. The van der Waals surface area contributed by atoms with E-state index >= 15 is 0 Å². The fraction of sp³-hybridized carbons (Fsp3) is 0.800. The molecule has 0 amide bonds. The van der Waals surface area contributed by atoms with E-state index in [-0.39, 0.29) is 5.92 Å². The first-order valence-corrected chi connectivity index (χ1v) is 5.58. The number of hydrogen-bond donors (Lipinski definition) is 1. The molecule has 1 unspecified atom stereocenters. The van der Waals surface area contributed by atoms with Gasteiger partial charge in [0.1, 0.15) is 5.92 Å². The number of hydrogen-bond acceptors (Lipinski definition) is 4. The molecule has 0 aromatic rings. The third-order valence-electron chi connectivity index (χ3n) is 2.54. The molecular formula is C10H16O4S. The summed E-state index contributed by atoms with van der Waals surface area (Å²) in [7, 11) is 0. The van der Waals surface area contributed by atoms with E-state index in [1.54, 1.807) is 6.92 Å². The second-order valence-electron chi connectivity index (χ2n) is 3.52. The van der Waals surface area contributed by atoms with Crippen LogP contribution >= 0.6 is 12.6 Å². The molecule has 1 rings (SSSR count). The maximum Gasteiger partial charge on any atom is 0.317 e. The molecule has 1 fully saturated rings. The molecule has 0 aliphatic carbocycles. The Kier molecular flexibility index (Phi) is 5.11. The van der Waals surface area contributed by atoms with Crippen LogP contribution in [0, 0.1) is 11.8 Å². The van der Waals surface area contributed by atoms with E-state index in [9.17, 15) is 9.59 Å². The summed E-state index contributed by atoms with van der Waals surface area (Å²) >= 11 is 3.75. The molecule has 1 atom stereocenters. The van der Waals surface area contributed by atoms with Gasteiger partial charge in [-0.25, -0.2) is 0 Å². The smallest absolute Gasteiger partial charge is 0.317 e. The second kappa shape index (κ2) is 6.12. The normalized spacial score (nSPS) is 19.6. The van der Waals surface area contributed by atoms with Crippen molar-refractivity contribution >= 4 is 23.7 Å². The van der Waals surface area contributed by atoms with Gasteiger partial charge < -0.3 is 9.47 Å². The van der Waals surface area contributed by atoms with Gasteiger partial charge >= 0.3 is 5.97 Å². The lowest BCUT2D eigenvalue weighted by Crippen LogP contribution is -2.34. The maximum absolute atomic E-state index is 11.6. The van der Waals surface area contributed by atoms with Gasteiger partial charge in [-0.1, -0.05) is 0 Å². The van der Waals surface area contributed by atoms with Crippen LogP contribution in [0.2, 0.25) is 0 Å². The van der Waals surface area contributed by atoms with Gasteiger partial charge in [0.05, 0.1) is 6.61 Å². The summed E-state index contributed by atoms with van der Waals surface area (Å²) in [5, 5.41) is -0.402. The number of ether oxygens (including phenoxy) is 2. The van der Waals surface area contributed by atoms with Crippen LogP contribution in [-0.2, 0) is 19.1 Å². The van der Waals surface area contributed by atoms with E-state index < -0.39 is 17.0 Å². The number of carbonyl (C=O) groups is 2. The number of esters is 1. The first-order valence-electron chi connectivity index (χ1n) is 5.14. The number of thiol groups is 1. The Morgan fingerprint density at radius 3 is 2.53 bits per heavy atom. The predicted molar refractivity (Wildman–Crippen MR) is 57.7 cm³/mol. The topological polar surface area (TPSA) is 52.6 Å². The van der Waals surface area contributed by atoms with E-state index in [1.165, 1.54) is 0 Å². The van der Waals surface area contributed by atoms with Crippen LogP contribution in [0.1, 0.15) is 19.8 Å². The summed E-state index contributed by atoms with van der Waals surface area (Å²) in [6.07, 6.45) is 1.44. The van der Waals surface area contributed by atoms with E-state index in [0.717, 1.165) is 12.8 Å². The fourth-order valence-corrected chi connectivity index (χ4v) is 2.09. The van der Waals surface area contributed by atoms with Gasteiger partial charge in [-0.15, -0.1) is 12.6 Å². The Balaban J connectivity index is 2.63. The van der Waals surface area contributed by atoms with Crippen LogP contribution in [0.15, 0.2) is 0 Å². The van der Waals surface area contributed by atoms with Gasteiger partial charge in [0.25, 0.3) is 0 Å². The van der Waals surface area contributed by atoms with Crippen molar-refractivity contribution in [2.75, 3.05) is 19.8 Å². The first-order chi connectivity index (χ1) is 7.16. The van der Waals surface area contributed by atoms with E-state index in [2.05, 4.69) is 12.6 Å². The third-order valence-corrected chi connectivity index (χ3v) is 2.82. The maximum atomic E-state index is 11.6. The van der Waals surface area contributed by atoms with Crippen molar-refractivity contribution in [3.63, 3.8) is 0 Å². The monoisotopic (exact) mass is 232 g/mol. The van der Waals surface area contributed by atoms with Crippen molar-refractivity contribution in [2.24, 2.45) is 11.8 Å². The molecule has 1 aliphatic rings. The van der Waals surface area contributed by atoms with Crippen molar-refractivity contribution in [3.05, 3.63) is 0 Å². The average molecular weight is 232 g/mol. The molecule has 0 bridgehead atoms. The molecule has 15 heavy (non-hydrogen) atoms. The fourth-order valence-electron chi connectivity index (χ4n) is 1.78. The average Bonchev–Trinajstić information content (AvgIpc) is 2.19. The molecule has 4 nitrogen and oxygen atoms in total. The Morgan fingerprint density at radius 2 is 2.07 bits per heavy atom. The van der Waals surface area contributed by atoms with Crippen molar-refractivity contribution in [3.8, 4) is 0 Å². The Labute approximate surface area is 94.7 Å². The minimum Gasteiger partial charge on any atom is -0.465 e. The lowest BCUT2D eigenvalue weighted by atomic mass is 9.87. The van der Waals surface area contributed by atoms with E-state index in [0.29, 0.717) is 19.8 Å². The van der Waals surface area contributed by atoms with Crippen molar-refractivity contribution < 1.29 is 19.1 Å². The van der Waals surface area contributed by atoms with Crippen LogP contribution in [0.4, 0.5) is 0 Å². The molecule has 5 heteroatoms. The lowest BCUT2D eigenvalue weighted by molar-refractivity contribution is -0.153. The highest BCUT2D eigenvalue weighted by atomic mass is 32.1. The number of carbonyl (C=O) groups excluding carboxylic acids is 2. The van der Waals surface area contributed by atoms with Crippen molar-refractivity contribution in [1.82, 2.24) is 0 Å². The largest absolute Gasteiger partial charge is 0.465 e. The third kappa shape index (κ3) is 3.50. The molecule has 0 N–H and O–H groups in total. The molecule has 0 aromatic heterocycles. The second-order valence-corrected chi connectivity index (χ2v) is 3.96. The molecular weight excluding hydrogens is 216 g/mol. The molecule has 86 valence electrons. The number of rotatable bonds is 4. The van der Waals surface area contributed by atoms with Crippen LogP contribution in [0.3, 0.4) is 0 Å². The SMILES string of the molecule is CCOC(=O)C(C(=O)S)C1CCOCC1. The van der Waals surface area contributed by atoms with E-state index in [4.69, 9.17) is 9.47 Å². The summed E-state index contributed by atoms with van der Waals surface area (Å²) in [6, 6.07) is 0. The predicted octanol–water partition coefficient (Wildman–Crippen LogP) is 1.05. The quantitative estimate of drug-likeness (QED) is 0.447. The van der Waals surface area contributed by atoms with Crippen LogP contribution in [0.25, 0.3) is 0 Å². The first kappa shape index (κ1) is 12.5. The van der Waals surface area contributed by atoms with Crippen molar-refractivity contribution in [2.45, 2.75) is 19.8 Å². The molecule has 1 saturated heterocycles. The van der Waals surface area contributed by atoms with Gasteiger partial charge in [-0.2, -0.15) is 0 Å². The van der Waals surface area contributed by atoms with Gasteiger partial charge in [-0.3, -0.25) is 9.59 Å². The standard InChI is InChI=1S/C10H16O4S/c1-2-14-9(11)8(10(12)15)7-3-5-13-6-4-7/h7-8H,2-6H2,1H3,(H,12,15). The van der Waals surface area contributed by atoms with Gasteiger partial charge in [0, 0.05) is 13.2 Å². The lowest BCUT2D eigenvalue weighted by Gasteiger charge is -2.26. The van der Waals surface area contributed by atoms with Gasteiger partial charge in [0.15, 0.2) is 5.12 Å². The zero-order chi connectivity index (χ0) is 11.3. The highest BCUT2D eigenvalue weighted by molar-refractivity contribution is 7.96. The van der Waals surface area contributed by atoms with E-state index in [1.807, 2.05) is 0 Å². The zero-order valence-electron chi connectivity index (χ0n) is 8.77. The molecule has 1 aliphatic heterocycles. The Morgan fingerprint density at radius 1 is 1.47 bits per heavy atom. The van der Waals surface area contributed by atoms with Crippen LogP contribution in [-0.4, -0.2) is 30.9 Å². The Hall–Kier alpha value is -0.550. The molecule has 0 saturated carbocycles. The molecule has 0 aromatic carbocycles. The summed E-state index contributed by atoms with van der Waals surface area (Å²) in [4.78, 5) is 22.8. The molecule has 0 spiro atoms. The highest BCUT2D eigenvalue weighted by Gasteiger charge is 2.35.